The Morgan fingerprint density at radius 2 is 1.89 bits per heavy atom. The van der Waals surface area contributed by atoms with Gasteiger partial charge in [-0.25, -0.2) is 0 Å². The third-order valence-corrected chi connectivity index (χ3v) is 4.18. The summed E-state index contributed by atoms with van der Waals surface area (Å²) in [6.07, 6.45) is 6.92. The second-order valence-corrected chi connectivity index (χ2v) is 5.98. The van der Waals surface area contributed by atoms with E-state index in [1.165, 1.54) is 33.1 Å². The van der Waals surface area contributed by atoms with Gasteiger partial charge in [-0.3, -0.25) is 0 Å². The first-order chi connectivity index (χ1) is 9.29. The maximum absolute atomic E-state index is 3.63. The Morgan fingerprint density at radius 1 is 1.11 bits per heavy atom. The molecule has 3 rings (SSSR count). The smallest absolute Gasteiger partial charge is 0.0281 e. The van der Waals surface area contributed by atoms with Gasteiger partial charge in [-0.1, -0.05) is 71.8 Å². The first kappa shape index (κ1) is 12.7. The maximum Gasteiger partial charge on any atom is 0.0281 e. The zero-order chi connectivity index (χ0) is 13.2. The Morgan fingerprint density at radius 3 is 2.63 bits per heavy atom. The molecule has 1 aliphatic carbocycles. The van der Waals surface area contributed by atoms with Gasteiger partial charge in [-0.15, -0.1) is 0 Å². The Hall–Kier alpha value is -1.34. The van der Waals surface area contributed by atoms with Crippen molar-refractivity contribution in [3.05, 3.63) is 75.3 Å². The lowest BCUT2D eigenvalue weighted by Gasteiger charge is -2.17. The van der Waals surface area contributed by atoms with E-state index in [0.29, 0.717) is 5.92 Å². The van der Waals surface area contributed by atoms with E-state index in [2.05, 4.69) is 77.5 Å². The van der Waals surface area contributed by atoms with Gasteiger partial charge in [0.1, 0.15) is 0 Å². The van der Waals surface area contributed by atoms with Gasteiger partial charge < -0.3 is 0 Å². The minimum atomic E-state index is 0.422. The van der Waals surface area contributed by atoms with Gasteiger partial charge in [-0.2, -0.15) is 0 Å². The van der Waals surface area contributed by atoms with Crippen molar-refractivity contribution in [3.8, 4) is 0 Å². The van der Waals surface area contributed by atoms with E-state index in [0.717, 1.165) is 6.42 Å². The molecule has 1 heteroatoms. The van der Waals surface area contributed by atoms with Crippen LogP contribution in [0.4, 0.5) is 0 Å². The predicted molar refractivity (Wildman–Crippen MR) is 85.5 cm³/mol. The topological polar surface area (TPSA) is 0 Å². The summed E-state index contributed by atoms with van der Waals surface area (Å²) in [6, 6.07) is 15.3. The van der Waals surface area contributed by atoms with Crippen LogP contribution in [0, 0.1) is 0 Å². The second-order valence-electron chi connectivity index (χ2n) is 5.07. The van der Waals surface area contributed by atoms with Crippen LogP contribution in [0.5, 0.6) is 0 Å². The van der Waals surface area contributed by atoms with Crippen LogP contribution in [0.2, 0.25) is 0 Å². The standard InChI is InChI=1S/C18H17Br/c1-2-6-14-11-16(19)12-15-9-10-17(18(14)15)13-7-4-3-5-8-13/h3-5,7-12,17H,2,6H2,1H3. The highest BCUT2D eigenvalue weighted by atomic mass is 79.9. The first-order valence-corrected chi connectivity index (χ1v) is 7.64. The summed E-state index contributed by atoms with van der Waals surface area (Å²) in [4.78, 5) is 0. The molecular weight excluding hydrogens is 296 g/mol. The lowest BCUT2D eigenvalue weighted by atomic mass is 9.88. The molecule has 0 amide bonds. The summed E-state index contributed by atoms with van der Waals surface area (Å²) >= 11 is 3.63. The molecule has 0 heterocycles. The monoisotopic (exact) mass is 312 g/mol. The first-order valence-electron chi connectivity index (χ1n) is 6.85. The fraction of sp³-hybridized carbons (Fsp3) is 0.222. The molecule has 2 aromatic carbocycles. The summed E-state index contributed by atoms with van der Waals surface area (Å²) in [5.74, 6) is 0.422. The normalized spacial score (nSPS) is 16.6. The van der Waals surface area contributed by atoms with Crippen LogP contribution in [0.15, 0.2) is 53.0 Å². The van der Waals surface area contributed by atoms with E-state index < -0.39 is 0 Å². The van der Waals surface area contributed by atoms with Crippen molar-refractivity contribution < 1.29 is 0 Å². The Bertz CT molecular complexity index is 611. The highest BCUT2D eigenvalue weighted by Crippen LogP contribution is 2.39. The summed E-state index contributed by atoms with van der Waals surface area (Å²) in [7, 11) is 0. The molecule has 0 bridgehead atoms. The van der Waals surface area contributed by atoms with Crippen molar-refractivity contribution in [2.24, 2.45) is 0 Å². The van der Waals surface area contributed by atoms with Crippen LogP contribution >= 0.6 is 15.9 Å². The lowest BCUT2D eigenvalue weighted by Crippen LogP contribution is -2.01. The number of hydrogen-bond donors (Lipinski definition) is 0. The maximum atomic E-state index is 3.63. The number of allylic oxidation sites excluding steroid dienone is 1. The molecule has 0 spiro atoms. The largest absolute Gasteiger partial charge is 0.0720 e. The minimum Gasteiger partial charge on any atom is -0.0720 e. The minimum absolute atomic E-state index is 0.422. The number of hydrogen-bond acceptors (Lipinski definition) is 0. The molecule has 0 radical (unpaired) electrons. The van der Waals surface area contributed by atoms with Crippen LogP contribution < -0.4 is 0 Å². The lowest BCUT2D eigenvalue weighted by molar-refractivity contribution is 0.888. The zero-order valence-corrected chi connectivity index (χ0v) is 12.7. The molecule has 0 saturated carbocycles. The quantitative estimate of drug-likeness (QED) is 0.696. The second kappa shape index (κ2) is 5.34. The molecule has 1 aliphatic rings. The average Bonchev–Trinajstić information content (AvgIpc) is 2.84. The van der Waals surface area contributed by atoms with Crippen LogP contribution in [0.3, 0.4) is 0 Å². The third-order valence-electron chi connectivity index (χ3n) is 3.72. The van der Waals surface area contributed by atoms with E-state index in [1.807, 2.05) is 0 Å². The zero-order valence-electron chi connectivity index (χ0n) is 11.1. The summed E-state index contributed by atoms with van der Waals surface area (Å²) in [6.45, 7) is 2.24. The van der Waals surface area contributed by atoms with Gasteiger partial charge in [0.05, 0.1) is 0 Å². The number of benzene rings is 2. The van der Waals surface area contributed by atoms with E-state index >= 15 is 0 Å². The fourth-order valence-electron chi connectivity index (χ4n) is 2.93. The van der Waals surface area contributed by atoms with Crippen molar-refractivity contribution in [1.82, 2.24) is 0 Å². The number of rotatable bonds is 3. The Kier molecular flexibility index (Phi) is 3.56. The third kappa shape index (κ3) is 2.40. The van der Waals surface area contributed by atoms with E-state index in [9.17, 15) is 0 Å². The molecule has 0 N–H and O–H groups in total. The molecule has 0 nitrogen and oxygen atoms in total. The van der Waals surface area contributed by atoms with Crippen LogP contribution in [0.1, 0.15) is 41.5 Å². The van der Waals surface area contributed by atoms with Gasteiger partial charge in [0.25, 0.3) is 0 Å². The van der Waals surface area contributed by atoms with Crippen LogP contribution in [-0.4, -0.2) is 0 Å². The molecule has 0 fully saturated rings. The fourth-order valence-corrected chi connectivity index (χ4v) is 3.45. The molecule has 0 saturated heterocycles. The van der Waals surface area contributed by atoms with Crippen molar-refractivity contribution >= 4 is 22.0 Å². The van der Waals surface area contributed by atoms with Gasteiger partial charge in [0, 0.05) is 10.4 Å². The predicted octanol–water partition coefficient (Wildman–Crippen LogP) is 5.56. The van der Waals surface area contributed by atoms with Crippen molar-refractivity contribution in [3.63, 3.8) is 0 Å². The molecule has 0 aliphatic heterocycles. The Labute approximate surface area is 123 Å². The van der Waals surface area contributed by atoms with E-state index in [1.54, 1.807) is 0 Å². The highest BCUT2D eigenvalue weighted by molar-refractivity contribution is 9.10. The van der Waals surface area contributed by atoms with Gasteiger partial charge >= 0.3 is 0 Å². The molecule has 0 aromatic heterocycles. The number of aryl methyl sites for hydroxylation is 1. The molecule has 1 unspecified atom stereocenters. The van der Waals surface area contributed by atoms with Gasteiger partial charge in [0.2, 0.25) is 0 Å². The summed E-state index contributed by atoms with van der Waals surface area (Å²) in [5.41, 5.74) is 5.73. The van der Waals surface area contributed by atoms with Crippen molar-refractivity contribution in [1.29, 1.82) is 0 Å². The van der Waals surface area contributed by atoms with E-state index in [4.69, 9.17) is 0 Å². The summed E-state index contributed by atoms with van der Waals surface area (Å²) in [5, 5.41) is 0. The van der Waals surface area contributed by atoms with Gasteiger partial charge in [-0.05, 0) is 40.8 Å². The number of halogens is 1. The molecule has 1 atom stereocenters. The van der Waals surface area contributed by atoms with Gasteiger partial charge in [0.15, 0.2) is 0 Å². The van der Waals surface area contributed by atoms with Crippen molar-refractivity contribution in [2.45, 2.75) is 25.7 Å². The molecule has 2 aromatic rings. The average molecular weight is 313 g/mol. The highest BCUT2D eigenvalue weighted by Gasteiger charge is 2.22. The van der Waals surface area contributed by atoms with Crippen LogP contribution in [0.25, 0.3) is 6.08 Å². The van der Waals surface area contributed by atoms with Crippen molar-refractivity contribution in [2.75, 3.05) is 0 Å². The van der Waals surface area contributed by atoms with Crippen LogP contribution in [-0.2, 0) is 6.42 Å². The molecule has 19 heavy (non-hydrogen) atoms. The molecular formula is C18H17Br. The SMILES string of the molecule is CCCc1cc(Br)cc2c1C(c1ccccc1)C=C2. The summed E-state index contributed by atoms with van der Waals surface area (Å²) < 4.78 is 1.19. The van der Waals surface area contributed by atoms with E-state index in [-0.39, 0.29) is 0 Å². The Balaban J connectivity index is 2.10. The molecule has 96 valence electrons. The number of fused-ring (bicyclic) bond motifs is 1.